The fraction of sp³-hybridized carbons (Fsp3) is 0.385. The van der Waals surface area contributed by atoms with Crippen LogP contribution in [0.3, 0.4) is 0 Å². The number of ketones is 1. The number of carbonyl (C=O) groups excluding carboxylic acids is 2. The Bertz CT molecular complexity index is 1000. The van der Waals surface area contributed by atoms with Crippen LogP contribution in [0.4, 0.5) is 0 Å². The van der Waals surface area contributed by atoms with Crippen molar-refractivity contribution < 1.29 is 19.4 Å². The largest absolute Gasteiger partial charge is 0.507 e. The molecule has 2 aromatic carbocycles. The molecule has 2 aromatic rings. The number of benzene rings is 2. The molecule has 6 nitrogen and oxygen atoms in total. The van der Waals surface area contributed by atoms with Gasteiger partial charge in [-0.15, -0.1) is 0 Å². The van der Waals surface area contributed by atoms with E-state index in [0.29, 0.717) is 30.2 Å². The zero-order valence-electron chi connectivity index (χ0n) is 19.4. The zero-order chi connectivity index (χ0) is 24.0. The lowest BCUT2D eigenvalue weighted by Crippen LogP contribution is -2.32. The molecule has 33 heavy (non-hydrogen) atoms. The van der Waals surface area contributed by atoms with Crippen LogP contribution in [0.2, 0.25) is 5.02 Å². The van der Waals surface area contributed by atoms with Gasteiger partial charge in [-0.3, -0.25) is 9.59 Å². The summed E-state index contributed by atoms with van der Waals surface area (Å²) in [5, 5.41) is 11.6. The third-order valence-electron chi connectivity index (χ3n) is 5.62. The third-order valence-corrected chi connectivity index (χ3v) is 5.88. The highest BCUT2D eigenvalue weighted by atomic mass is 35.5. The van der Waals surface area contributed by atoms with Gasteiger partial charge in [0.05, 0.1) is 18.2 Å². The number of aliphatic hydroxyl groups excluding tert-OH is 1. The summed E-state index contributed by atoms with van der Waals surface area (Å²) in [6, 6.07) is 13.3. The summed E-state index contributed by atoms with van der Waals surface area (Å²) in [6.07, 6.45) is 2.72. The van der Waals surface area contributed by atoms with E-state index in [9.17, 15) is 14.7 Å². The van der Waals surface area contributed by atoms with Gasteiger partial charge in [-0.2, -0.15) is 0 Å². The second-order valence-corrected chi connectivity index (χ2v) is 8.86. The first-order valence-electron chi connectivity index (χ1n) is 11.2. The molecule has 1 amide bonds. The molecular weight excluding hydrogens is 440 g/mol. The van der Waals surface area contributed by atoms with Crippen molar-refractivity contribution in [2.45, 2.75) is 32.2 Å². The van der Waals surface area contributed by atoms with Crippen LogP contribution in [0.1, 0.15) is 43.4 Å². The van der Waals surface area contributed by atoms with Crippen LogP contribution in [0.5, 0.6) is 5.75 Å². The predicted molar refractivity (Wildman–Crippen MR) is 130 cm³/mol. The maximum absolute atomic E-state index is 13.0. The number of hydrogen-bond donors (Lipinski definition) is 1. The molecular formula is C26H31ClN2O4. The highest BCUT2D eigenvalue weighted by Crippen LogP contribution is 2.40. The van der Waals surface area contributed by atoms with Crippen molar-refractivity contribution in [3.05, 3.63) is 70.3 Å². The van der Waals surface area contributed by atoms with Crippen molar-refractivity contribution in [2.24, 2.45) is 0 Å². The van der Waals surface area contributed by atoms with Crippen molar-refractivity contribution in [2.75, 3.05) is 33.8 Å². The Morgan fingerprint density at radius 2 is 1.73 bits per heavy atom. The first kappa shape index (κ1) is 24.8. The van der Waals surface area contributed by atoms with Gasteiger partial charge in [-0.05, 0) is 75.4 Å². The van der Waals surface area contributed by atoms with Crippen LogP contribution in [0, 0.1) is 0 Å². The molecule has 1 aliphatic rings. The number of hydrogen-bond acceptors (Lipinski definition) is 5. The Hall–Kier alpha value is -2.83. The molecule has 0 saturated carbocycles. The van der Waals surface area contributed by atoms with Gasteiger partial charge in [0.1, 0.15) is 11.5 Å². The number of nitrogens with zero attached hydrogens (tertiary/aromatic N) is 2. The molecule has 0 bridgehead atoms. The van der Waals surface area contributed by atoms with E-state index in [1.54, 1.807) is 29.2 Å². The summed E-state index contributed by atoms with van der Waals surface area (Å²) in [5.41, 5.74) is 1.28. The van der Waals surface area contributed by atoms with Gasteiger partial charge < -0.3 is 19.6 Å². The molecule has 1 heterocycles. The lowest BCUT2D eigenvalue weighted by Gasteiger charge is -2.26. The van der Waals surface area contributed by atoms with Crippen molar-refractivity contribution >= 4 is 29.1 Å². The molecule has 0 radical (unpaired) electrons. The van der Waals surface area contributed by atoms with Gasteiger partial charge in [0.25, 0.3) is 11.7 Å². The van der Waals surface area contributed by atoms with Crippen molar-refractivity contribution in [3.8, 4) is 5.75 Å². The summed E-state index contributed by atoms with van der Waals surface area (Å²) < 4.78 is 5.75. The second-order valence-electron chi connectivity index (χ2n) is 8.43. The fourth-order valence-electron chi connectivity index (χ4n) is 3.86. The Morgan fingerprint density at radius 3 is 2.33 bits per heavy atom. The molecule has 1 saturated heterocycles. The number of ether oxygens (including phenoxy) is 1. The third kappa shape index (κ3) is 5.95. The number of amides is 1. The molecule has 7 heteroatoms. The van der Waals surface area contributed by atoms with E-state index in [2.05, 4.69) is 6.92 Å². The van der Waals surface area contributed by atoms with Crippen molar-refractivity contribution in [3.63, 3.8) is 0 Å². The van der Waals surface area contributed by atoms with E-state index in [1.165, 1.54) is 0 Å². The van der Waals surface area contributed by atoms with Crippen LogP contribution in [-0.4, -0.2) is 60.4 Å². The monoisotopic (exact) mass is 470 g/mol. The smallest absolute Gasteiger partial charge is 0.295 e. The van der Waals surface area contributed by atoms with Gasteiger partial charge in [0, 0.05) is 17.1 Å². The van der Waals surface area contributed by atoms with E-state index in [1.807, 2.05) is 43.3 Å². The zero-order valence-corrected chi connectivity index (χ0v) is 20.1. The highest BCUT2D eigenvalue weighted by Gasteiger charge is 2.45. The van der Waals surface area contributed by atoms with E-state index in [4.69, 9.17) is 16.3 Å². The van der Waals surface area contributed by atoms with Crippen LogP contribution >= 0.6 is 11.6 Å². The van der Waals surface area contributed by atoms with E-state index in [0.717, 1.165) is 30.7 Å². The maximum Gasteiger partial charge on any atom is 0.295 e. The van der Waals surface area contributed by atoms with Gasteiger partial charge >= 0.3 is 0 Å². The van der Waals surface area contributed by atoms with Gasteiger partial charge in [0.2, 0.25) is 0 Å². The molecule has 1 N–H and O–H groups in total. The highest BCUT2D eigenvalue weighted by molar-refractivity contribution is 6.46. The summed E-state index contributed by atoms with van der Waals surface area (Å²) in [7, 11) is 3.92. The van der Waals surface area contributed by atoms with Crippen LogP contribution < -0.4 is 4.74 Å². The maximum atomic E-state index is 13.0. The molecule has 0 aromatic heterocycles. The Balaban J connectivity index is 1.99. The molecule has 1 unspecified atom stereocenters. The van der Waals surface area contributed by atoms with Crippen LogP contribution in [-0.2, 0) is 9.59 Å². The van der Waals surface area contributed by atoms with Gasteiger partial charge in [0.15, 0.2) is 0 Å². The molecule has 1 aliphatic heterocycles. The fourth-order valence-corrected chi connectivity index (χ4v) is 3.98. The lowest BCUT2D eigenvalue weighted by atomic mass is 9.95. The number of rotatable bonds is 10. The summed E-state index contributed by atoms with van der Waals surface area (Å²) in [6.45, 7) is 3.92. The Morgan fingerprint density at radius 1 is 1.06 bits per heavy atom. The van der Waals surface area contributed by atoms with Crippen LogP contribution in [0.15, 0.2) is 54.1 Å². The van der Waals surface area contributed by atoms with Crippen LogP contribution in [0.25, 0.3) is 5.76 Å². The first-order chi connectivity index (χ1) is 15.8. The van der Waals surface area contributed by atoms with E-state index in [-0.39, 0.29) is 11.3 Å². The Labute approximate surface area is 200 Å². The number of carbonyl (C=O) groups is 2. The molecule has 0 aliphatic carbocycles. The standard InChI is InChI=1S/C26H31ClN2O4/c1-4-5-17-33-21-13-9-18(10-14-21)23-22(24(30)19-7-11-20(27)12-8-19)25(31)26(32)29(23)16-6-15-28(2)3/h7-14,23,30H,4-6,15-17H2,1-3H3. The minimum atomic E-state index is -0.680. The predicted octanol–water partition coefficient (Wildman–Crippen LogP) is 4.89. The summed E-state index contributed by atoms with van der Waals surface area (Å²) in [5.74, 6) is -0.749. The molecule has 3 rings (SSSR count). The molecule has 1 fully saturated rings. The molecule has 0 spiro atoms. The Kier molecular flexibility index (Phi) is 8.53. The normalized spacial score (nSPS) is 17.7. The number of aliphatic hydroxyl groups is 1. The number of unbranched alkanes of at least 4 members (excludes halogenated alkanes) is 1. The minimum absolute atomic E-state index is 0.0897. The minimum Gasteiger partial charge on any atom is -0.507 e. The average molecular weight is 471 g/mol. The van der Waals surface area contributed by atoms with E-state index < -0.39 is 17.7 Å². The summed E-state index contributed by atoms with van der Waals surface area (Å²) in [4.78, 5) is 29.6. The van der Waals surface area contributed by atoms with Gasteiger partial charge in [-0.1, -0.05) is 37.1 Å². The topological polar surface area (TPSA) is 70.1 Å². The SMILES string of the molecule is CCCCOc1ccc(C2C(=C(O)c3ccc(Cl)cc3)C(=O)C(=O)N2CCCN(C)C)cc1. The molecule has 1 atom stereocenters. The number of likely N-dealkylation sites (tertiary alicyclic amines) is 1. The van der Waals surface area contributed by atoms with Crippen molar-refractivity contribution in [1.82, 2.24) is 9.80 Å². The first-order valence-corrected chi connectivity index (χ1v) is 11.6. The second kappa shape index (κ2) is 11.3. The number of Topliss-reactive ketones (excluding diaryl/α,β-unsaturated/α-hetero) is 1. The summed E-state index contributed by atoms with van der Waals surface area (Å²) >= 11 is 5.98. The van der Waals surface area contributed by atoms with Gasteiger partial charge in [-0.25, -0.2) is 0 Å². The van der Waals surface area contributed by atoms with Crippen molar-refractivity contribution in [1.29, 1.82) is 0 Å². The lowest BCUT2D eigenvalue weighted by molar-refractivity contribution is -0.139. The quantitative estimate of drug-likeness (QED) is 0.231. The average Bonchev–Trinajstić information content (AvgIpc) is 3.04. The van der Waals surface area contributed by atoms with E-state index >= 15 is 0 Å². The molecule has 176 valence electrons. The number of halogens is 1.